The first-order chi connectivity index (χ1) is 12.9. The Labute approximate surface area is 152 Å². The van der Waals surface area contributed by atoms with Gasteiger partial charge in [-0.15, -0.1) is 0 Å². The lowest BCUT2D eigenvalue weighted by atomic mass is 10.2. The van der Waals surface area contributed by atoms with E-state index in [0.717, 1.165) is 0 Å². The maximum absolute atomic E-state index is 4.42. The highest BCUT2D eigenvalue weighted by molar-refractivity contribution is 8.29. The third kappa shape index (κ3) is 1.85. The summed E-state index contributed by atoms with van der Waals surface area (Å²) >= 11 is 0. The molecule has 26 heavy (non-hydrogen) atoms. The molecule has 0 aliphatic heterocycles. The van der Waals surface area contributed by atoms with Crippen molar-refractivity contribution in [3.63, 3.8) is 0 Å². The second-order valence-corrected chi connectivity index (χ2v) is 12.1. The molecule has 6 aromatic rings. The van der Waals surface area contributed by atoms with Crippen molar-refractivity contribution in [1.82, 2.24) is 4.98 Å². The fraction of sp³-hybridized carbons (Fsp3) is 0. The van der Waals surface area contributed by atoms with Crippen molar-refractivity contribution in [1.29, 1.82) is 0 Å². The Bertz CT molecular complexity index is 1220. The van der Waals surface area contributed by atoms with Gasteiger partial charge in [-0.1, -0.05) is 69.0 Å². The van der Waals surface area contributed by atoms with Crippen molar-refractivity contribution in [2.45, 2.75) is 0 Å². The van der Waals surface area contributed by atoms with Crippen molar-refractivity contribution in [2.24, 2.45) is 0 Å². The molecule has 0 bridgehead atoms. The van der Waals surface area contributed by atoms with Crippen LogP contribution in [0.1, 0.15) is 0 Å². The van der Waals surface area contributed by atoms with Gasteiger partial charge in [0.15, 0.2) is 0 Å². The average Bonchev–Trinajstić information content (AvgIpc) is 3.21. The van der Waals surface area contributed by atoms with E-state index in [4.69, 9.17) is 0 Å². The highest BCUT2D eigenvalue weighted by Gasteiger charge is 2.18. The van der Waals surface area contributed by atoms with Crippen LogP contribution in [0.15, 0.2) is 91.3 Å². The van der Waals surface area contributed by atoms with Gasteiger partial charge in [-0.3, -0.25) is 4.98 Å². The summed E-state index contributed by atoms with van der Waals surface area (Å²) in [6.07, 6.45) is 4.02. The largest absolute Gasteiger partial charge is 0.264 e. The number of hydrogen-bond acceptors (Lipinski definition) is 1. The van der Waals surface area contributed by atoms with Gasteiger partial charge in [-0.25, -0.2) is 0 Å². The van der Waals surface area contributed by atoms with Gasteiger partial charge >= 0.3 is 0 Å². The molecule has 0 N–H and O–H groups in total. The molecule has 0 aliphatic carbocycles. The van der Waals surface area contributed by atoms with Crippen LogP contribution in [0.3, 0.4) is 0 Å². The molecule has 0 amide bonds. The maximum Gasteiger partial charge on any atom is 0.0356 e. The van der Waals surface area contributed by atoms with Crippen LogP contribution in [0.4, 0.5) is 0 Å². The van der Waals surface area contributed by atoms with Gasteiger partial charge in [-0.05, 0) is 40.4 Å². The number of benzene rings is 3. The molecule has 0 saturated carbocycles. The minimum atomic E-state index is -0.426. The number of aromatic nitrogens is 1. The minimum Gasteiger partial charge on any atom is -0.264 e. The topological polar surface area (TPSA) is 12.9 Å². The lowest BCUT2D eigenvalue weighted by molar-refractivity contribution is 1.37. The summed E-state index contributed by atoms with van der Waals surface area (Å²) in [4.78, 5) is 4.42. The first-order valence-corrected chi connectivity index (χ1v) is 12.1. The average molecular weight is 367 g/mol. The van der Waals surface area contributed by atoms with E-state index in [1.165, 1.54) is 42.0 Å². The normalized spacial score (nSPS) is 12.5. The third-order valence-electron chi connectivity index (χ3n) is 5.20. The second-order valence-electron chi connectivity index (χ2n) is 6.57. The van der Waals surface area contributed by atoms with Crippen LogP contribution < -0.4 is 0 Å². The van der Waals surface area contributed by atoms with Gasteiger partial charge in [0.25, 0.3) is 0 Å². The molecule has 3 heterocycles. The van der Waals surface area contributed by atoms with Crippen LogP contribution in [0, 0.1) is 0 Å². The van der Waals surface area contributed by atoms with E-state index < -0.39 is 14.4 Å². The van der Waals surface area contributed by atoms with E-state index in [-0.39, 0.29) is 0 Å². The Kier molecular flexibility index (Phi) is 3.05. The van der Waals surface area contributed by atoms with Gasteiger partial charge in [-0.2, -0.15) is 0 Å². The Morgan fingerprint density at radius 2 is 0.885 bits per heavy atom. The van der Waals surface area contributed by atoms with Crippen LogP contribution >= 0.6 is 14.4 Å². The minimum absolute atomic E-state index is 0.414. The fourth-order valence-electron chi connectivity index (χ4n) is 4.13. The van der Waals surface area contributed by atoms with Gasteiger partial charge in [0.05, 0.1) is 0 Å². The molecular weight excluding hydrogens is 352 g/mol. The summed E-state index contributed by atoms with van der Waals surface area (Å²) in [6, 6.07) is 29.2. The molecule has 3 aromatic carbocycles. The second kappa shape index (κ2) is 5.45. The summed E-state index contributed by atoms with van der Waals surface area (Å²) < 4.78 is 0. The maximum atomic E-state index is 4.42. The van der Waals surface area contributed by atoms with Gasteiger partial charge in [0.2, 0.25) is 0 Å². The molecule has 0 aliphatic rings. The molecule has 122 valence electrons. The Morgan fingerprint density at radius 1 is 0.462 bits per heavy atom. The van der Waals surface area contributed by atoms with Gasteiger partial charge in [0.1, 0.15) is 0 Å². The van der Waals surface area contributed by atoms with Crippen LogP contribution in [0.2, 0.25) is 0 Å². The molecule has 6 rings (SSSR count). The zero-order valence-corrected chi connectivity index (χ0v) is 15.8. The third-order valence-corrected chi connectivity index (χ3v) is 12.8. The van der Waals surface area contributed by atoms with E-state index in [0.29, 0.717) is 0 Å². The molecule has 0 radical (unpaired) electrons. The van der Waals surface area contributed by atoms with Crippen LogP contribution in [-0.2, 0) is 0 Å². The molecular formula is C23H15NP2. The monoisotopic (exact) mass is 367 g/mol. The Balaban J connectivity index is 1.93. The fourth-order valence-corrected chi connectivity index (χ4v) is 12.8. The van der Waals surface area contributed by atoms with Crippen LogP contribution in [0.5, 0.6) is 0 Å². The van der Waals surface area contributed by atoms with E-state index in [1.807, 2.05) is 6.20 Å². The molecule has 1 unspecified atom stereocenters. The highest BCUT2D eigenvalue weighted by Crippen LogP contribution is 2.71. The predicted molar refractivity (Wildman–Crippen MR) is 117 cm³/mol. The lowest BCUT2D eigenvalue weighted by Crippen LogP contribution is -1.67. The quantitative estimate of drug-likeness (QED) is 0.287. The summed E-state index contributed by atoms with van der Waals surface area (Å²) in [5, 5.41) is 11.7. The van der Waals surface area contributed by atoms with Crippen molar-refractivity contribution < 1.29 is 0 Å². The molecule has 1 nitrogen and oxygen atoms in total. The summed E-state index contributed by atoms with van der Waals surface area (Å²) in [6.45, 7) is 0. The number of rotatable bonds is 1. The molecule has 3 aromatic heterocycles. The number of pyridine rings is 1. The smallest absolute Gasteiger partial charge is 0.0356 e. The number of fused-ring (bicyclic) bond motifs is 6. The van der Waals surface area contributed by atoms with Gasteiger partial charge in [0, 0.05) is 38.3 Å². The zero-order chi connectivity index (χ0) is 17.1. The Morgan fingerprint density at radius 3 is 1.42 bits per heavy atom. The molecule has 3 heteroatoms. The van der Waals surface area contributed by atoms with Crippen LogP contribution in [-0.4, -0.2) is 4.98 Å². The predicted octanol–water partition coefficient (Wildman–Crippen LogP) is 7.98. The standard InChI is InChI=1S/C23H15NP2/c1-4-10-20-16(7-1)17-8-2-5-11-21(17)25(20)26-22-12-6-3-9-18(22)19-15-24-14-13-23(19)26/h1-15H. The number of hydrogen-bond donors (Lipinski definition) is 0. The first-order valence-electron chi connectivity index (χ1n) is 8.75. The molecule has 0 saturated heterocycles. The Hall–Kier alpha value is -2.59. The lowest BCUT2D eigenvalue weighted by Gasteiger charge is -2.05. The van der Waals surface area contributed by atoms with E-state index in [9.17, 15) is 0 Å². The van der Waals surface area contributed by atoms with Crippen molar-refractivity contribution in [3.05, 3.63) is 91.3 Å². The van der Waals surface area contributed by atoms with E-state index in [1.54, 1.807) is 0 Å². The molecule has 0 fully saturated rings. The molecule has 1 atom stereocenters. The SMILES string of the molecule is c1ccc2c(c1)c1ccccc1p2-p1c2ccccc2c2cnccc21. The van der Waals surface area contributed by atoms with Crippen molar-refractivity contribution >= 4 is 56.5 Å². The van der Waals surface area contributed by atoms with E-state index >= 15 is 0 Å². The van der Waals surface area contributed by atoms with E-state index in [2.05, 4.69) is 90.0 Å². The first kappa shape index (κ1) is 14.6. The van der Waals surface area contributed by atoms with Gasteiger partial charge < -0.3 is 0 Å². The summed E-state index contributed by atoms with van der Waals surface area (Å²) in [5.74, 6) is 0. The summed E-state index contributed by atoms with van der Waals surface area (Å²) in [5.41, 5.74) is 0. The zero-order valence-electron chi connectivity index (χ0n) is 14.0. The summed E-state index contributed by atoms with van der Waals surface area (Å²) in [7, 11) is -0.840. The van der Waals surface area contributed by atoms with Crippen molar-refractivity contribution in [3.8, 4) is 0 Å². The van der Waals surface area contributed by atoms with Crippen molar-refractivity contribution in [2.75, 3.05) is 0 Å². The number of nitrogens with zero attached hydrogens (tertiary/aromatic N) is 1. The highest BCUT2D eigenvalue weighted by atomic mass is 32.0. The van der Waals surface area contributed by atoms with Crippen LogP contribution in [0.25, 0.3) is 42.0 Å². The molecule has 0 spiro atoms.